The molecule has 0 amide bonds. The van der Waals surface area contributed by atoms with Gasteiger partial charge in [0.2, 0.25) is 0 Å². The molecule has 0 atom stereocenters. The monoisotopic (exact) mass is 348 g/mol. The van der Waals surface area contributed by atoms with Gasteiger partial charge in [-0.15, -0.1) is 10.3 Å². The van der Waals surface area contributed by atoms with E-state index in [4.69, 9.17) is 10.6 Å². The number of aromatic nitrogens is 2. The fraction of sp³-hybridized carbons (Fsp3) is 0.200. The summed E-state index contributed by atoms with van der Waals surface area (Å²) in [5.74, 6) is 0.427. The number of nitrogens with two attached hydrogens (primary N) is 1. The van der Waals surface area contributed by atoms with Crippen molar-refractivity contribution >= 4 is 27.9 Å². The van der Waals surface area contributed by atoms with Crippen molar-refractivity contribution in [3.05, 3.63) is 65.4 Å². The van der Waals surface area contributed by atoms with E-state index in [2.05, 4.69) is 22.3 Å². The van der Waals surface area contributed by atoms with Crippen molar-refractivity contribution in [2.75, 3.05) is 17.6 Å². The van der Waals surface area contributed by atoms with Gasteiger partial charge in [0.05, 0.1) is 12.3 Å². The number of nitrogen functional groups attached to an aromatic ring is 1. The molecule has 2 aromatic carbocycles. The SMILES string of the molecule is Cc1nnc(N)c2ccc(C3=CCCCON(O)c4ccccc43)cc12. The Morgan fingerprint density at radius 3 is 2.85 bits per heavy atom. The molecular formula is C20H20N4O2. The van der Waals surface area contributed by atoms with Crippen LogP contribution in [0.2, 0.25) is 0 Å². The lowest BCUT2D eigenvalue weighted by molar-refractivity contribution is -0.0414. The summed E-state index contributed by atoms with van der Waals surface area (Å²) >= 11 is 0. The van der Waals surface area contributed by atoms with Crippen LogP contribution in [-0.2, 0) is 4.84 Å². The molecule has 3 N–H and O–H groups in total. The number of para-hydroxylation sites is 1. The summed E-state index contributed by atoms with van der Waals surface area (Å²) in [6.45, 7) is 2.38. The van der Waals surface area contributed by atoms with Crippen LogP contribution in [0.4, 0.5) is 11.5 Å². The van der Waals surface area contributed by atoms with Gasteiger partial charge < -0.3 is 5.73 Å². The van der Waals surface area contributed by atoms with Crippen molar-refractivity contribution in [1.82, 2.24) is 10.2 Å². The standard InChI is InChI=1S/C20H20N4O2/c1-13-18-12-14(9-10-17(18)20(21)23-22-13)15-6-4-5-11-26-24(25)19-8-3-2-7-16(15)19/h2-3,6-10,12,25H,4-5,11H2,1H3,(H2,21,23). The Hall–Kier alpha value is -2.96. The molecule has 0 saturated carbocycles. The van der Waals surface area contributed by atoms with E-state index < -0.39 is 0 Å². The molecule has 0 fully saturated rings. The molecule has 2 heterocycles. The minimum Gasteiger partial charge on any atom is -0.382 e. The number of hydrogen-bond acceptors (Lipinski definition) is 6. The predicted octanol–water partition coefficient (Wildman–Crippen LogP) is 3.87. The smallest absolute Gasteiger partial charge is 0.153 e. The summed E-state index contributed by atoms with van der Waals surface area (Å²) in [7, 11) is 0. The van der Waals surface area contributed by atoms with Gasteiger partial charge in [0, 0.05) is 16.3 Å². The Balaban J connectivity index is 1.92. The van der Waals surface area contributed by atoms with Crippen molar-refractivity contribution in [1.29, 1.82) is 0 Å². The summed E-state index contributed by atoms with van der Waals surface area (Å²) < 4.78 is 0. The normalized spacial score (nSPS) is 15.0. The van der Waals surface area contributed by atoms with Crippen LogP contribution in [0.3, 0.4) is 0 Å². The second kappa shape index (κ2) is 6.74. The number of nitrogens with zero attached hydrogens (tertiary/aromatic N) is 3. The van der Waals surface area contributed by atoms with E-state index >= 15 is 0 Å². The molecule has 132 valence electrons. The first-order valence-electron chi connectivity index (χ1n) is 8.59. The third-order valence-corrected chi connectivity index (χ3v) is 4.61. The van der Waals surface area contributed by atoms with Crippen LogP contribution in [0, 0.1) is 6.92 Å². The molecule has 1 aromatic heterocycles. The fourth-order valence-corrected chi connectivity index (χ4v) is 3.27. The van der Waals surface area contributed by atoms with Crippen molar-refractivity contribution in [3.63, 3.8) is 0 Å². The third-order valence-electron chi connectivity index (χ3n) is 4.61. The lowest BCUT2D eigenvalue weighted by atomic mass is 9.93. The lowest BCUT2D eigenvalue weighted by Crippen LogP contribution is -2.20. The first-order chi connectivity index (χ1) is 12.6. The van der Waals surface area contributed by atoms with E-state index in [1.54, 1.807) is 0 Å². The maximum absolute atomic E-state index is 10.3. The Kier molecular flexibility index (Phi) is 4.28. The van der Waals surface area contributed by atoms with E-state index in [1.807, 2.05) is 43.3 Å². The first kappa shape index (κ1) is 16.5. The number of fused-ring (bicyclic) bond motifs is 2. The minimum absolute atomic E-state index is 0.427. The van der Waals surface area contributed by atoms with Crippen LogP contribution < -0.4 is 11.0 Å². The van der Waals surface area contributed by atoms with Crippen LogP contribution in [0.25, 0.3) is 16.3 Å². The number of benzene rings is 2. The molecule has 4 rings (SSSR count). The maximum Gasteiger partial charge on any atom is 0.153 e. The van der Waals surface area contributed by atoms with E-state index in [9.17, 15) is 5.21 Å². The highest BCUT2D eigenvalue weighted by atomic mass is 16.9. The van der Waals surface area contributed by atoms with Crippen LogP contribution >= 0.6 is 0 Å². The molecule has 0 saturated heterocycles. The highest BCUT2D eigenvalue weighted by Crippen LogP contribution is 2.35. The van der Waals surface area contributed by atoms with Crippen LogP contribution in [0.15, 0.2) is 48.5 Å². The van der Waals surface area contributed by atoms with Crippen LogP contribution in [0.1, 0.15) is 29.7 Å². The molecule has 0 unspecified atom stereocenters. The number of hydrogen-bond donors (Lipinski definition) is 2. The van der Waals surface area contributed by atoms with Gasteiger partial charge in [0.15, 0.2) is 5.82 Å². The molecule has 0 spiro atoms. The number of anilines is 2. The first-order valence-corrected chi connectivity index (χ1v) is 8.59. The highest BCUT2D eigenvalue weighted by molar-refractivity contribution is 5.96. The van der Waals surface area contributed by atoms with Gasteiger partial charge >= 0.3 is 0 Å². The summed E-state index contributed by atoms with van der Waals surface area (Å²) in [6.07, 6.45) is 3.86. The number of aryl methyl sites for hydroxylation is 1. The molecule has 6 nitrogen and oxygen atoms in total. The quantitative estimate of drug-likeness (QED) is 0.694. The fourth-order valence-electron chi connectivity index (χ4n) is 3.27. The summed E-state index contributed by atoms with van der Waals surface area (Å²) in [5, 5.41) is 21.1. The second-order valence-electron chi connectivity index (χ2n) is 6.31. The Morgan fingerprint density at radius 1 is 1.12 bits per heavy atom. The van der Waals surface area contributed by atoms with Gasteiger partial charge in [0.1, 0.15) is 5.69 Å². The number of allylic oxidation sites excluding steroid dienone is 1. The molecule has 1 aliphatic rings. The Labute approximate surface area is 151 Å². The predicted molar refractivity (Wildman–Crippen MR) is 102 cm³/mol. The summed E-state index contributed by atoms with van der Waals surface area (Å²) in [5.41, 5.74) is 10.4. The van der Waals surface area contributed by atoms with Gasteiger partial charge in [-0.2, -0.15) is 5.10 Å². The third kappa shape index (κ3) is 2.89. The van der Waals surface area contributed by atoms with Gasteiger partial charge in [-0.05, 0) is 49.1 Å². The van der Waals surface area contributed by atoms with Gasteiger partial charge in [0.25, 0.3) is 0 Å². The summed E-state index contributed by atoms with van der Waals surface area (Å²) in [4.78, 5) is 5.40. The van der Waals surface area contributed by atoms with Crippen LogP contribution in [0.5, 0.6) is 0 Å². The average molecular weight is 348 g/mol. The molecule has 0 radical (unpaired) electrons. The second-order valence-corrected chi connectivity index (χ2v) is 6.31. The molecule has 3 aromatic rings. The van der Waals surface area contributed by atoms with Crippen molar-refractivity contribution < 1.29 is 10.0 Å². The van der Waals surface area contributed by atoms with E-state index in [1.165, 1.54) is 0 Å². The van der Waals surface area contributed by atoms with Crippen molar-refractivity contribution in [2.24, 2.45) is 0 Å². The molecular weight excluding hydrogens is 328 g/mol. The molecule has 1 aliphatic heterocycles. The van der Waals surface area contributed by atoms with Gasteiger partial charge in [-0.1, -0.05) is 30.3 Å². The lowest BCUT2D eigenvalue weighted by Gasteiger charge is -2.19. The molecule has 26 heavy (non-hydrogen) atoms. The Morgan fingerprint density at radius 2 is 1.96 bits per heavy atom. The number of rotatable bonds is 1. The zero-order chi connectivity index (χ0) is 18.1. The van der Waals surface area contributed by atoms with Crippen molar-refractivity contribution in [3.8, 4) is 0 Å². The van der Waals surface area contributed by atoms with E-state index in [0.717, 1.165) is 51.2 Å². The van der Waals surface area contributed by atoms with E-state index in [0.29, 0.717) is 18.1 Å². The molecule has 0 aliphatic carbocycles. The molecule has 0 bridgehead atoms. The largest absolute Gasteiger partial charge is 0.382 e. The van der Waals surface area contributed by atoms with E-state index in [-0.39, 0.29) is 0 Å². The zero-order valence-electron chi connectivity index (χ0n) is 14.5. The van der Waals surface area contributed by atoms with Crippen LogP contribution in [-0.4, -0.2) is 22.0 Å². The topological polar surface area (TPSA) is 84.5 Å². The minimum atomic E-state index is 0.427. The average Bonchev–Trinajstić information content (AvgIpc) is 2.74. The summed E-state index contributed by atoms with van der Waals surface area (Å²) in [6, 6.07) is 13.7. The van der Waals surface area contributed by atoms with Gasteiger partial charge in [-0.3, -0.25) is 5.21 Å². The Bertz CT molecular complexity index is 1000. The van der Waals surface area contributed by atoms with Gasteiger partial charge in [-0.25, -0.2) is 4.84 Å². The maximum atomic E-state index is 10.3. The molecule has 6 heteroatoms. The highest BCUT2D eigenvalue weighted by Gasteiger charge is 2.17. The zero-order valence-corrected chi connectivity index (χ0v) is 14.5. The van der Waals surface area contributed by atoms with Crippen molar-refractivity contribution in [2.45, 2.75) is 19.8 Å².